The van der Waals surface area contributed by atoms with Crippen LogP contribution in [0.4, 0.5) is 5.69 Å². The number of amides is 1. The van der Waals surface area contributed by atoms with E-state index in [4.69, 9.17) is 5.73 Å². The Balaban J connectivity index is 1.77. The van der Waals surface area contributed by atoms with Gasteiger partial charge in [0.05, 0.1) is 17.4 Å². The van der Waals surface area contributed by atoms with Crippen LogP contribution in [0.15, 0.2) is 59.7 Å². The van der Waals surface area contributed by atoms with Gasteiger partial charge in [0.2, 0.25) is 5.96 Å². The molecular weight excluding hydrogens is 266 g/mol. The number of carbonyl (C=O) groups is 1. The van der Waals surface area contributed by atoms with Crippen molar-refractivity contribution in [3.05, 3.63) is 60.3 Å². The van der Waals surface area contributed by atoms with Crippen molar-refractivity contribution in [1.29, 1.82) is 0 Å². The monoisotopic (exact) mass is 279 g/mol. The summed E-state index contributed by atoms with van der Waals surface area (Å²) in [6.45, 7) is 0. The van der Waals surface area contributed by atoms with Crippen molar-refractivity contribution in [3.63, 3.8) is 0 Å². The Kier molecular flexibility index (Phi) is 3.34. The quantitative estimate of drug-likeness (QED) is 0.494. The molecule has 0 aliphatic heterocycles. The van der Waals surface area contributed by atoms with Gasteiger partial charge >= 0.3 is 0 Å². The molecule has 0 saturated heterocycles. The fraction of sp³-hybridized carbons (Fsp3) is 0. The maximum atomic E-state index is 11.9. The Morgan fingerprint density at radius 1 is 1.19 bits per heavy atom. The number of H-pyrrole nitrogens is 1. The molecule has 2 aromatic carbocycles. The van der Waals surface area contributed by atoms with Gasteiger partial charge in [-0.1, -0.05) is 18.2 Å². The summed E-state index contributed by atoms with van der Waals surface area (Å²) in [5, 5.41) is 10.3. The van der Waals surface area contributed by atoms with Crippen molar-refractivity contribution in [2.24, 2.45) is 10.7 Å². The predicted octanol–water partition coefficient (Wildman–Crippen LogP) is 1.94. The van der Waals surface area contributed by atoms with Gasteiger partial charge in [0.25, 0.3) is 5.91 Å². The first-order valence-corrected chi connectivity index (χ1v) is 6.36. The number of hydrogen-bond acceptors (Lipinski definition) is 3. The fourth-order valence-electron chi connectivity index (χ4n) is 1.94. The van der Waals surface area contributed by atoms with Gasteiger partial charge in [-0.05, 0) is 30.3 Å². The summed E-state index contributed by atoms with van der Waals surface area (Å²) in [4.78, 5) is 16.1. The second kappa shape index (κ2) is 5.46. The Morgan fingerprint density at radius 2 is 2.00 bits per heavy atom. The zero-order valence-corrected chi connectivity index (χ0v) is 11.1. The third kappa shape index (κ3) is 2.89. The van der Waals surface area contributed by atoms with Crippen LogP contribution in [0.1, 0.15) is 10.4 Å². The molecule has 1 aromatic heterocycles. The van der Waals surface area contributed by atoms with E-state index in [0.29, 0.717) is 11.3 Å². The van der Waals surface area contributed by atoms with E-state index in [1.165, 1.54) is 0 Å². The zero-order valence-electron chi connectivity index (χ0n) is 11.1. The minimum atomic E-state index is -0.291. The van der Waals surface area contributed by atoms with Gasteiger partial charge in [-0.15, -0.1) is 0 Å². The SMILES string of the molecule is NC(=Nc1ccc2[nH]ncc2c1)NC(=O)c1ccccc1. The van der Waals surface area contributed by atoms with E-state index in [9.17, 15) is 4.79 Å². The lowest BCUT2D eigenvalue weighted by atomic mass is 10.2. The molecule has 3 rings (SSSR count). The molecule has 104 valence electrons. The molecule has 0 bridgehead atoms. The fourth-order valence-corrected chi connectivity index (χ4v) is 1.94. The van der Waals surface area contributed by atoms with Gasteiger partial charge in [-0.25, -0.2) is 4.99 Å². The lowest BCUT2D eigenvalue weighted by molar-refractivity contribution is 0.0976. The molecule has 1 heterocycles. The summed E-state index contributed by atoms with van der Waals surface area (Å²) in [5.41, 5.74) is 7.85. The van der Waals surface area contributed by atoms with Gasteiger partial charge in [0, 0.05) is 10.9 Å². The van der Waals surface area contributed by atoms with Crippen molar-refractivity contribution in [1.82, 2.24) is 15.5 Å². The standard InChI is InChI=1S/C15H13N5O/c16-15(19-14(21)10-4-2-1-3-5-10)18-12-6-7-13-11(8-12)9-17-20-13/h1-9H,(H,17,20)(H3,16,18,19,21). The molecule has 0 aliphatic carbocycles. The molecule has 6 heteroatoms. The van der Waals surface area contributed by atoms with Crippen LogP contribution in [0.3, 0.4) is 0 Å². The molecule has 21 heavy (non-hydrogen) atoms. The number of hydrogen-bond donors (Lipinski definition) is 3. The summed E-state index contributed by atoms with van der Waals surface area (Å²) in [6.07, 6.45) is 1.70. The van der Waals surface area contributed by atoms with Crippen molar-refractivity contribution in [3.8, 4) is 0 Å². The van der Waals surface area contributed by atoms with Gasteiger partial charge in [-0.2, -0.15) is 5.10 Å². The number of aliphatic imine (C=N–C) groups is 1. The van der Waals surface area contributed by atoms with Crippen molar-refractivity contribution in [2.75, 3.05) is 0 Å². The smallest absolute Gasteiger partial charge is 0.257 e. The molecule has 6 nitrogen and oxygen atoms in total. The molecule has 1 amide bonds. The third-order valence-electron chi connectivity index (χ3n) is 2.95. The molecular formula is C15H13N5O. The van der Waals surface area contributed by atoms with Crippen LogP contribution in [0.2, 0.25) is 0 Å². The molecule has 4 N–H and O–H groups in total. The van der Waals surface area contributed by atoms with Crippen LogP contribution < -0.4 is 11.1 Å². The number of guanidine groups is 1. The van der Waals surface area contributed by atoms with E-state index in [1.54, 1.807) is 36.5 Å². The zero-order chi connectivity index (χ0) is 14.7. The number of fused-ring (bicyclic) bond motifs is 1. The topological polar surface area (TPSA) is 96.2 Å². The van der Waals surface area contributed by atoms with Crippen molar-refractivity contribution < 1.29 is 4.79 Å². The summed E-state index contributed by atoms with van der Waals surface area (Å²) < 4.78 is 0. The van der Waals surface area contributed by atoms with E-state index in [2.05, 4.69) is 20.5 Å². The van der Waals surface area contributed by atoms with Crippen LogP contribution >= 0.6 is 0 Å². The first-order valence-electron chi connectivity index (χ1n) is 6.36. The van der Waals surface area contributed by atoms with Gasteiger partial charge in [0.15, 0.2) is 0 Å². The van der Waals surface area contributed by atoms with Crippen LogP contribution in [-0.2, 0) is 0 Å². The maximum Gasteiger partial charge on any atom is 0.257 e. The number of nitrogens with one attached hydrogen (secondary N) is 2. The highest BCUT2D eigenvalue weighted by Crippen LogP contribution is 2.18. The first kappa shape index (κ1) is 12.9. The number of nitrogens with two attached hydrogens (primary N) is 1. The van der Waals surface area contributed by atoms with E-state index < -0.39 is 0 Å². The second-order valence-electron chi connectivity index (χ2n) is 4.46. The van der Waals surface area contributed by atoms with Crippen molar-refractivity contribution in [2.45, 2.75) is 0 Å². The minimum Gasteiger partial charge on any atom is -0.369 e. The summed E-state index contributed by atoms with van der Waals surface area (Å²) in [7, 11) is 0. The normalized spacial score (nSPS) is 11.5. The highest BCUT2D eigenvalue weighted by molar-refractivity contribution is 6.05. The molecule has 0 aliphatic rings. The van der Waals surface area contributed by atoms with E-state index in [0.717, 1.165) is 10.9 Å². The molecule has 3 aromatic rings. The molecule has 0 radical (unpaired) electrons. The molecule has 0 fully saturated rings. The Bertz CT molecular complexity index is 807. The van der Waals surface area contributed by atoms with Gasteiger partial charge in [0.1, 0.15) is 0 Å². The number of nitrogens with zero attached hydrogens (tertiary/aromatic N) is 2. The summed E-state index contributed by atoms with van der Waals surface area (Å²) in [6, 6.07) is 14.3. The van der Waals surface area contributed by atoms with Gasteiger partial charge < -0.3 is 5.73 Å². The Morgan fingerprint density at radius 3 is 2.81 bits per heavy atom. The highest BCUT2D eigenvalue weighted by atomic mass is 16.1. The summed E-state index contributed by atoms with van der Waals surface area (Å²) in [5.74, 6) is -0.243. The molecule has 0 spiro atoms. The first-order chi connectivity index (χ1) is 10.2. The number of aromatic nitrogens is 2. The number of rotatable bonds is 2. The minimum absolute atomic E-state index is 0.0479. The Hall–Kier alpha value is -3.15. The van der Waals surface area contributed by atoms with Crippen LogP contribution in [0.25, 0.3) is 10.9 Å². The van der Waals surface area contributed by atoms with Crippen LogP contribution in [0.5, 0.6) is 0 Å². The number of carbonyl (C=O) groups excluding carboxylic acids is 1. The van der Waals surface area contributed by atoms with E-state index in [1.807, 2.05) is 18.2 Å². The highest BCUT2D eigenvalue weighted by Gasteiger charge is 2.06. The van der Waals surface area contributed by atoms with Crippen molar-refractivity contribution >= 4 is 28.5 Å². The molecule has 0 atom stereocenters. The number of aromatic amines is 1. The summed E-state index contributed by atoms with van der Waals surface area (Å²) >= 11 is 0. The molecule has 0 saturated carbocycles. The second-order valence-corrected chi connectivity index (χ2v) is 4.46. The lowest BCUT2D eigenvalue weighted by Crippen LogP contribution is -2.36. The van der Waals surface area contributed by atoms with Crippen LogP contribution in [-0.4, -0.2) is 22.1 Å². The van der Waals surface area contributed by atoms with Gasteiger partial charge in [-0.3, -0.25) is 15.2 Å². The average molecular weight is 279 g/mol. The number of benzene rings is 2. The van der Waals surface area contributed by atoms with E-state index >= 15 is 0 Å². The van der Waals surface area contributed by atoms with E-state index in [-0.39, 0.29) is 11.9 Å². The van der Waals surface area contributed by atoms with Crippen LogP contribution in [0, 0.1) is 0 Å². The Labute approximate surface area is 120 Å². The lowest BCUT2D eigenvalue weighted by Gasteiger charge is -2.04. The largest absolute Gasteiger partial charge is 0.369 e. The molecule has 0 unspecified atom stereocenters. The maximum absolute atomic E-state index is 11.9. The average Bonchev–Trinajstić information content (AvgIpc) is 2.95. The third-order valence-corrected chi connectivity index (χ3v) is 2.95. The predicted molar refractivity (Wildman–Crippen MR) is 81.3 cm³/mol.